The first-order valence-electron chi connectivity index (χ1n) is 40.8. The van der Waals surface area contributed by atoms with Crippen molar-refractivity contribution in [2.45, 2.75) is 347 Å². The van der Waals surface area contributed by atoms with Gasteiger partial charge in [-0.1, -0.05) is 0 Å². The molecule has 34 N–H and O–H groups in total. The summed E-state index contributed by atoms with van der Waals surface area (Å²) in [5.41, 5.74) is 0. The van der Waals surface area contributed by atoms with E-state index in [9.17, 15) is 177 Å². The molecule has 10 heterocycles. The molecule has 10 rings (SSSR count). The van der Waals surface area contributed by atoms with Gasteiger partial charge in [-0.2, -0.15) is 0 Å². The highest BCUT2D eigenvalue weighted by atomic mass is 16.8. The maximum atomic E-state index is 13.2. The Balaban J connectivity index is 0.960. The summed E-state index contributed by atoms with van der Waals surface area (Å²) in [6, 6.07) is -7.48. The maximum absolute atomic E-state index is 13.2. The number of rotatable bonds is 35. The third-order valence-corrected chi connectivity index (χ3v) is 23.4. The van der Waals surface area contributed by atoms with Crippen LogP contribution in [0.2, 0.25) is 0 Å². The topological polar surface area (TPSA) is 916 Å². The molecule has 58 nitrogen and oxygen atoms in total. The fraction of sp³-hybridized carbons (Fsp3) is 0.930. The smallest absolute Gasteiger partial charge is 0.364 e. The first-order valence-corrected chi connectivity index (χ1v) is 40.8. The first kappa shape index (κ1) is 106. The molecule has 10 saturated heterocycles. The fourth-order valence-electron chi connectivity index (χ4n) is 16.4. The molecule has 10 aliphatic heterocycles. The lowest BCUT2D eigenvalue weighted by Crippen LogP contribution is -2.71. The summed E-state index contributed by atoms with van der Waals surface area (Å²) in [6.45, 7) is -7.86. The van der Waals surface area contributed by atoms with Crippen molar-refractivity contribution in [3.05, 3.63) is 0 Å². The Morgan fingerprint density at radius 3 is 1.06 bits per heavy atom. The van der Waals surface area contributed by atoms with E-state index in [1.165, 1.54) is 0 Å². The van der Waals surface area contributed by atoms with E-state index in [4.69, 9.17) is 90.0 Å². The number of aliphatic carboxylic acids is 1. The number of aliphatic hydroxyl groups excluding tert-OH is 29. The maximum Gasteiger partial charge on any atom is 0.364 e. The van der Waals surface area contributed by atoms with Gasteiger partial charge in [-0.05, 0) is 0 Å². The van der Waals surface area contributed by atoms with Crippen molar-refractivity contribution in [2.75, 3.05) is 66.1 Å². The van der Waals surface area contributed by atoms with Gasteiger partial charge in [-0.25, -0.2) is 4.79 Å². The van der Waals surface area contributed by atoms with E-state index in [2.05, 4.69) is 21.3 Å². The number of carboxylic acid groups (broad SMARTS) is 1. The van der Waals surface area contributed by atoms with E-state index < -0.39 is 414 Å². The molecule has 0 radical (unpaired) electrons. The van der Waals surface area contributed by atoms with Crippen molar-refractivity contribution < 1.29 is 267 Å². The van der Waals surface area contributed by atoms with E-state index in [0.29, 0.717) is 0 Å². The minimum Gasteiger partial charge on any atom is -0.477 e. The summed E-state index contributed by atoms with van der Waals surface area (Å²) in [4.78, 5) is 63.7. The molecule has 0 aromatic carbocycles. The van der Waals surface area contributed by atoms with Gasteiger partial charge in [0.2, 0.25) is 23.6 Å². The molecule has 0 spiro atoms. The van der Waals surface area contributed by atoms with Gasteiger partial charge in [0.05, 0.1) is 78.2 Å². The Bertz CT molecular complexity index is 3550. The Morgan fingerprint density at radius 1 is 0.318 bits per heavy atom. The van der Waals surface area contributed by atoms with Crippen LogP contribution in [-0.2, 0) is 114 Å². The standard InChI is InChI=1S/C71H118N4O54/c1-16(83)72-31-20(87)5-71(70(109)110,129-57(31)35(89)21(88)6-76)113-15-30-39(93)47(101)51(105)67(122-30)124-55-26(11-81)119-63(34(44(55)98)75-19(4)86)128-60-48(102)38(92)24(9-79)117-69(60)127-59-41(95)29(121-68(53(59)107)125-56-27(12-82)118-62(33(43(56)97)74-18(3)85)123-54-25(10-80)114-61(108)32(42(54)96)73-17(2)84)14-112-65-52(106)58(126-66-50(104)46(100)37(91)23(8-78)116-66)40(94)28(120-65)13-111-64-49(103)45(99)36(90)22(7-77)115-64/h20-69,76-82,87-108H,5-15H2,1-4H3,(H,72,83)(H,73,84)(H,74,85)(H,75,86)(H,109,110)/t20-,21+,22+,23+,24+,25+,26+,27+,28+,29+,30+,31+,32+,33+,34+,35+,36+,37+,38+,39-,40+,41+,42+,43+,44+,45-,46-,47-,48-,49-,50-,51+,52-,53-,54+,55+,56+,57+,58-,59-,60-,61?,62?,63?,64?,65?,66?,67?,68?,69?,71?/m0/s1. The second-order valence-electron chi connectivity index (χ2n) is 32.5. The molecule has 58 heteroatoms. The van der Waals surface area contributed by atoms with Crippen LogP contribution in [0.1, 0.15) is 34.1 Å². The molecule has 0 aromatic rings. The van der Waals surface area contributed by atoms with Gasteiger partial charge in [0.25, 0.3) is 5.79 Å². The quantitative estimate of drug-likeness (QED) is 0.0280. The van der Waals surface area contributed by atoms with Gasteiger partial charge in [0.1, 0.15) is 238 Å². The summed E-state index contributed by atoms with van der Waals surface area (Å²) in [5, 5.41) is 343. The molecule has 0 aliphatic carbocycles. The molecular weight excluding hydrogens is 1770 g/mol. The van der Waals surface area contributed by atoms with Crippen molar-refractivity contribution in [3.63, 3.8) is 0 Å². The molecule has 746 valence electrons. The first-order chi connectivity index (χ1) is 60.8. The third-order valence-electron chi connectivity index (χ3n) is 23.4. The average molecular weight is 1890 g/mol. The van der Waals surface area contributed by atoms with Crippen molar-refractivity contribution in [3.8, 4) is 0 Å². The van der Waals surface area contributed by atoms with Crippen LogP contribution in [0.25, 0.3) is 0 Å². The third kappa shape index (κ3) is 23.6. The molecule has 129 heavy (non-hydrogen) atoms. The number of carbonyl (C=O) groups is 5. The van der Waals surface area contributed by atoms with Crippen LogP contribution in [-0.4, -0.2) is 561 Å². The predicted octanol–water partition coefficient (Wildman–Crippen LogP) is -23.0. The zero-order valence-corrected chi connectivity index (χ0v) is 68.9. The number of aliphatic hydroxyl groups is 29. The molecule has 4 amide bonds. The highest BCUT2D eigenvalue weighted by Gasteiger charge is 2.63. The lowest BCUT2D eigenvalue weighted by atomic mass is 9.88. The summed E-state index contributed by atoms with van der Waals surface area (Å²) in [7, 11) is 0. The Morgan fingerprint density at radius 2 is 0.628 bits per heavy atom. The number of carbonyl (C=O) groups excluding carboxylic acids is 4. The molecule has 0 bridgehead atoms. The molecule has 0 saturated carbocycles. The number of nitrogens with one attached hydrogen (secondary N) is 4. The number of hydrogen-bond donors (Lipinski definition) is 34. The van der Waals surface area contributed by atoms with Gasteiger partial charge in [0.15, 0.2) is 56.6 Å². The van der Waals surface area contributed by atoms with Crippen LogP contribution in [0, 0.1) is 0 Å². The molecule has 10 unspecified atom stereocenters. The molecule has 10 fully saturated rings. The van der Waals surface area contributed by atoms with Crippen LogP contribution in [0.3, 0.4) is 0 Å². The minimum absolute atomic E-state index is 0.815. The molecule has 0 aromatic heterocycles. The number of amides is 4. The number of carboxylic acids is 1. The second kappa shape index (κ2) is 46.1. The highest BCUT2D eigenvalue weighted by Crippen LogP contribution is 2.42. The molecular formula is C71H118N4O54. The van der Waals surface area contributed by atoms with Crippen LogP contribution in [0.5, 0.6) is 0 Å². The normalized spacial score (nSPS) is 48.1. The summed E-state index contributed by atoms with van der Waals surface area (Å²) < 4.78 is 111. The van der Waals surface area contributed by atoms with Gasteiger partial charge < -0.3 is 264 Å². The van der Waals surface area contributed by atoms with E-state index in [-0.39, 0.29) is 0 Å². The Kier molecular flexibility index (Phi) is 38.0. The number of hydrogen-bond acceptors (Lipinski definition) is 53. The van der Waals surface area contributed by atoms with Crippen LogP contribution in [0.4, 0.5) is 0 Å². The van der Waals surface area contributed by atoms with E-state index in [1.54, 1.807) is 0 Å². The highest BCUT2D eigenvalue weighted by molar-refractivity contribution is 5.77. The lowest BCUT2D eigenvalue weighted by molar-refractivity contribution is -0.399. The van der Waals surface area contributed by atoms with Crippen molar-refractivity contribution >= 4 is 29.6 Å². The molecule has 10 aliphatic rings. The zero-order valence-electron chi connectivity index (χ0n) is 68.9. The summed E-state index contributed by atoms with van der Waals surface area (Å²) in [6.07, 6.45) is -102. The van der Waals surface area contributed by atoms with Crippen molar-refractivity contribution in [1.82, 2.24) is 21.3 Å². The predicted molar refractivity (Wildman–Crippen MR) is 393 cm³/mol. The number of ether oxygens (including phenoxy) is 19. The zero-order chi connectivity index (χ0) is 95.3. The van der Waals surface area contributed by atoms with Gasteiger partial charge in [-0.15, -0.1) is 0 Å². The largest absolute Gasteiger partial charge is 0.477 e. The Labute approximate surface area is 728 Å². The second-order valence-corrected chi connectivity index (χ2v) is 32.5. The van der Waals surface area contributed by atoms with Crippen molar-refractivity contribution in [2.24, 2.45) is 0 Å². The van der Waals surface area contributed by atoms with Gasteiger partial charge in [0, 0.05) is 34.1 Å². The fourth-order valence-corrected chi connectivity index (χ4v) is 16.4. The SMILES string of the molecule is CC(=O)N[C@H]1[C@H]([C@H](O)[C@H](O)CO)OC(OC[C@H]2OC(O[C@H]3[C@H](O)[C@@H](NC(C)=O)C(O[C@@H]4C(O[C@H]5[C@H](O)[C@@H](COC6O[C@H](COC7O[C@H](CO)[C@@H](O)[C@H](O)[C@@H]7O)[C@@H](O)[C@H](OC7O[C@H](CO)[C@@H](O)[C@H](O)[C@@H]7O)[C@@H]6O)OC(O[C@H]6[C@H](O)[C@@H](NC(C)=O)C(O[C@H]7[C@H](O)[C@@H](NC(C)=O)C(O)O[C@@H]7CO)O[C@@H]6CO)[C@H]5O)O[C@H](CO)[C@@H](O)[C@@H]4O)O[C@@H]3CO)[C@H](O)[C@@H](O)[C@H]2O)(C(=O)O)C[C@@H]1O. The van der Waals surface area contributed by atoms with E-state index >= 15 is 0 Å². The summed E-state index contributed by atoms with van der Waals surface area (Å²) >= 11 is 0. The minimum atomic E-state index is -3.11. The van der Waals surface area contributed by atoms with Crippen LogP contribution >= 0.6 is 0 Å². The monoisotopic (exact) mass is 1890 g/mol. The van der Waals surface area contributed by atoms with Gasteiger partial charge in [-0.3, -0.25) is 19.2 Å². The summed E-state index contributed by atoms with van der Waals surface area (Å²) in [5.74, 6) is -8.88. The van der Waals surface area contributed by atoms with E-state index in [1.807, 2.05) is 0 Å². The van der Waals surface area contributed by atoms with Crippen LogP contribution in [0.15, 0.2) is 0 Å². The average Bonchev–Trinajstić information content (AvgIpc) is 0.759. The lowest BCUT2D eigenvalue weighted by Gasteiger charge is -2.51. The van der Waals surface area contributed by atoms with E-state index in [0.717, 1.165) is 27.7 Å². The molecule has 51 atom stereocenters. The van der Waals surface area contributed by atoms with Crippen molar-refractivity contribution in [1.29, 1.82) is 0 Å². The Hall–Kier alpha value is -4.57. The van der Waals surface area contributed by atoms with Gasteiger partial charge >= 0.3 is 5.97 Å². The van der Waals surface area contributed by atoms with Crippen LogP contribution < -0.4 is 21.3 Å².